The molecular weight excluding hydrogens is 152 g/mol. The molecule has 0 N–H and O–H groups in total. The summed E-state index contributed by atoms with van der Waals surface area (Å²) in [4.78, 5) is 2.65. The monoisotopic (exact) mass is 160 g/mol. The summed E-state index contributed by atoms with van der Waals surface area (Å²) in [6, 6.07) is 2.15. The number of aryl methyl sites for hydroxylation is 2. The standard InChI is InChI=1S/C7H9ClS/c1-5-3-7(4-8)9-6(5)2/h3H,4H2,1-2H3. The quantitative estimate of drug-likeness (QED) is 0.554. The van der Waals surface area contributed by atoms with Gasteiger partial charge in [0.25, 0.3) is 0 Å². The van der Waals surface area contributed by atoms with Gasteiger partial charge < -0.3 is 0 Å². The van der Waals surface area contributed by atoms with Crippen molar-refractivity contribution >= 4 is 22.9 Å². The average molecular weight is 161 g/mol. The van der Waals surface area contributed by atoms with Gasteiger partial charge in [0.15, 0.2) is 0 Å². The molecule has 0 unspecified atom stereocenters. The first kappa shape index (κ1) is 7.10. The van der Waals surface area contributed by atoms with Crippen LogP contribution in [0.2, 0.25) is 0 Å². The molecule has 2 heteroatoms. The first-order chi connectivity index (χ1) is 4.24. The van der Waals surface area contributed by atoms with Crippen molar-refractivity contribution in [3.05, 3.63) is 21.4 Å². The summed E-state index contributed by atoms with van der Waals surface area (Å²) in [6.07, 6.45) is 0. The van der Waals surface area contributed by atoms with Crippen LogP contribution in [0.5, 0.6) is 0 Å². The number of halogens is 1. The van der Waals surface area contributed by atoms with Crippen molar-refractivity contribution in [1.82, 2.24) is 0 Å². The lowest BCUT2D eigenvalue weighted by Crippen LogP contribution is -1.63. The van der Waals surface area contributed by atoms with Gasteiger partial charge in [-0.2, -0.15) is 0 Å². The van der Waals surface area contributed by atoms with Crippen LogP contribution in [0.3, 0.4) is 0 Å². The molecule has 0 spiro atoms. The Morgan fingerprint density at radius 1 is 1.56 bits per heavy atom. The van der Waals surface area contributed by atoms with Gasteiger partial charge in [0, 0.05) is 9.75 Å². The van der Waals surface area contributed by atoms with Gasteiger partial charge >= 0.3 is 0 Å². The molecule has 0 aliphatic rings. The lowest BCUT2D eigenvalue weighted by molar-refractivity contribution is 1.42. The van der Waals surface area contributed by atoms with Gasteiger partial charge in [0.1, 0.15) is 0 Å². The van der Waals surface area contributed by atoms with Gasteiger partial charge in [-0.15, -0.1) is 22.9 Å². The lowest BCUT2D eigenvalue weighted by atomic mass is 10.3. The predicted molar refractivity (Wildman–Crippen MR) is 43.4 cm³/mol. The van der Waals surface area contributed by atoms with Crippen LogP contribution in [0.25, 0.3) is 0 Å². The molecule has 0 aliphatic carbocycles. The molecule has 9 heavy (non-hydrogen) atoms. The lowest BCUT2D eigenvalue weighted by Gasteiger charge is -1.79. The fraction of sp³-hybridized carbons (Fsp3) is 0.429. The summed E-state index contributed by atoms with van der Waals surface area (Å²) in [5, 5.41) is 0. The molecule has 0 nitrogen and oxygen atoms in total. The molecule has 1 heterocycles. The maximum absolute atomic E-state index is 5.62. The summed E-state index contributed by atoms with van der Waals surface area (Å²) < 4.78 is 0. The van der Waals surface area contributed by atoms with E-state index in [9.17, 15) is 0 Å². The van der Waals surface area contributed by atoms with Crippen LogP contribution in [0.4, 0.5) is 0 Å². The van der Waals surface area contributed by atoms with Crippen LogP contribution >= 0.6 is 22.9 Å². The van der Waals surface area contributed by atoms with E-state index in [4.69, 9.17) is 11.6 Å². The van der Waals surface area contributed by atoms with Crippen LogP contribution in [-0.2, 0) is 5.88 Å². The topological polar surface area (TPSA) is 0 Å². The Morgan fingerprint density at radius 3 is 2.44 bits per heavy atom. The average Bonchev–Trinajstić information content (AvgIpc) is 2.13. The Morgan fingerprint density at radius 2 is 2.22 bits per heavy atom. The Hall–Kier alpha value is -0.0100. The first-order valence-electron chi connectivity index (χ1n) is 2.86. The van der Waals surface area contributed by atoms with E-state index in [-0.39, 0.29) is 0 Å². The highest BCUT2D eigenvalue weighted by molar-refractivity contribution is 7.12. The zero-order valence-electron chi connectivity index (χ0n) is 5.57. The van der Waals surface area contributed by atoms with Crippen molar-refractivity contribution in [1.29, 1.82) is 0 Å². The van der Waals surface area contributed by atoms with E-state index in [1.165, 1.54) is 15.3 Å². The zero-order chi connectivity index (χ0) is 6.85. The van der Waals surface area contributed by atoms with Crippen molar-refractivity contribution in [3.8, 4) is 0 Å². The van der Waals surface area contributed by atoms with E-state index in [0.29, 0.717) is 5.88 Å². The molecule has 0 atom stereocenters. The van der Waals surface area contributed by atoms with Crippen molar-refractivity contribution < 1.29 is 0 Å². The number of hydrogen-bond donors (Lipinski definition) is 0. The van der Waals surface area contributed by atoms with Crippen molar-refractivity contribution in [2.75, 3.05) is 0 Å². The van der Waals surface area contributed by atoms with E-state index >= 15 is 0 Å². The molecule has 0 radical (unpaired) electrons. The number of alkyl halides is 1. The van der Waals surface area contributed by atoms with E-state index in [2.05, 4.69) is 19.9 Å². The highest BCUT2D eigenvalue weighted by Gasteiger charge is 1.97. The van der Waals surface area contributed by atoms with Crippen molar-refractivity contribution in [3.63, 3.8) is 0 Å². The Bertz CT molecular complexity index is 183. The minimum absolute atomic E-state index is 0.652. The Balaban J connectivity index is 2.98. The smallest absolute Gasteiger partial charge is 0.0568 e. The SMILES string of the molecule is Cc1cc(CCl)sc1C. The van der Waals surface area contributed by atoms with Gasteiger partial charge in [-0.3, -0.25) is 0 Å². The fourth-order valence-corrected chi connectivity index (χ4v) is 1.86. The maximum Gasteiger partial charge on any atom is 0.0568 e. The molecule has 0 amide bonds. The summed E-state index contributed by atoms with van der Waals surface area (Å²) >= 11 is 7.41. The fourth-order valence-electron chi connectivity index (χ4n) is 0.716. The molecule has 0 fully saturated rings. The Labute approximate surface area is 64.5 Å². The molecule has 0 aliphatic heterocycles. The minimum Gasteiger partial charge on any atom is -0.144 e. The Kier molecular flexibility index (Phi) is 2.14. The van der Waals surface area contributed by atoms with E-state index < -0.39 is 0 Å². The second-order valence-corrected chi connectivity index (χ2v) is 3.69. The number of thiophene rings is 1. The first-order valence-corrected chi connectivity index (χ1v) is 4.21. The molecule has 1 rings (SSSR count). The third kappa shape index (κ3) is 1.46. The van der Waals surface area contributed by atoms with Crippen molar-refractivity contribution in [2.24, 2.45) is 0 Å². The van der Waals surface area contributed by atoms with Crippen LogP contribution < -0.4 is 0 Å². The summed E-state index contributed by atoms with van der Waals surface area (Å²) in [6.45, 7) is 4.23. The van der Waals surface area contributed by atoms with Crippen molar-refractivity contribution in [2.45, 2.75) is 19.7 Å². The van der Waals surface area contributed by atoms with Crippen LogP contribution in [-0.4, -0.2) is 0 Å². The molecule has 0 bridgehead atoms. The van der Waals surface area contributed by atoms with Gasteiger partial charge in [-0.25, -0.2) is 0 Å². The molecule has 1 aromatic heterocycles. The number of hydrogen-bond acceptors (Lipinski definition) is 1. The summed E-state index contributed by atoms with van der Waals surface area (Å²) in [5.41, 5.74) is 1.36. The normalized spacial score (nSPS) is 10.1. The largest absolute Gasteiger partial charge is 0.144 e. The van der Waals surface area contributed by atoms with E-state index in [1.54, 1.807) is 11.3 Å². The third-order valence-corrected chi connectivity index (χ3v) is 2.95. The van der Waals surface area contributed by atoms with Gasteiger partial charge in [-0.1, -0.05) is 0 Å². The molecular formula is C7H9ClS. The summed E-state index contributed by atoms with van der Waals surface area (Å²) in [7, 11) is 0. The predicted octanol–water partition coefficient (Wildman–Crippen LogP) is 3.10. The van der Waals surface area contributed by atoms with Crippen LogP contribution in [0, 0.1) is 13.8 Å². The minimum atomic E-state index is 0.652. The second-order valence-electron chi connectivity index (χ2n) is 2.09. The zero-order valence-corrected chi connectivity index (χ0v) is 7.14. The molecule has 0 saturated carbocycles. The highest BCUT2D eigenvalue weighted by atomic mass is 35.5. The van der Waals surface area contributed by atoms with Crippen LogP contribution in [0.1, 0.15) is 15.3 Å². The van der Waals surface area contributed by atoms with Crippen LogP contribution in [0.15, 0.2) is 6.07 Å². The molecule has 0 aromatic carbocycles. The summed E-state index contributed by atoms with van der Waals surface area (Å²) in [5.74, 6) is 0.652. The third-order valence-electron chi connectivity index (χ3n) is 1.35. The highest BCUT2D eigenvalue weighted by Crippen LogP contribution is 2.21. The van der Waals surface area contributed by atoms with Gasteiger partial charge in [0.2, 0.25) is 0 Å². The van der Waals surface area contributed by atoms with Gasteiger partial charge in [-0.05, 0) is 25.5 Å². The van der Waals surface area contributed by atoms with E-state index in [0.717, 1.165) is 0 Å². The molecule has 50 valence electrons. The number of rotatable bonds is 1. The van der Waals surface area contributed by atoms with E-state index in [1.807, 2.05) is 0 Å². The second kappa shape index (κ2) is 2.72. The molecule has 0 saturated heterocycles. The maximum atomic E-state index is 5.62. The molecule has 1 aromatic rings. The van der Waals surface area contributed by atoms with Gasteiger partial charge in [0.05, 0.1) is 5.88 Å².